The van der Waals surface area contributed by atoms with Gasteiger partial charge in [0.25, 0.3) is 0 Å². The van der Waals surface area contributed by atoms with Gasteiger partial charge in [-0.05, 0) is 30.4 Å². The number of carbonyl (C=O) groups is 2. The first-order valence-electron chi connectivity index (χ1n) is 7.82. The quantitative estimate of drug-likeness (QED) is 0.850. The van der Waals surface area contributed by atoms with E-state index < -0.39 is 0 Å². The fourth-order valence-electron chi connectivity index (χ4n) is 2.73. The van der Waals surface area contributed by atoms with Crippen LogP contribution in [0.1, 0.15) is 47.0 Å². The maximum atomic E-state index is 12.2. The lowest BCUT2D eigenvalue weighted by Crippen LogP contribution is -2.28. The van der Waals surface area contributed by atoms with Crippen LogP contribution in [0.15, 0.2) is 41.8 Å². The van der Waals surface area contributed by atoms with Crippen molar-refractivity contribution in [1.29, 1.82) is 0 Å². The first kappa shape index (κ1) is 15.7. The van der Waals surface area contributed by atoms with Gasteiger partial charge in [0.05, 0.1) is 17.5 Å². The van der Waals surface area contributed by atoms with Crippen molar-refractivity contribution in [1.82, 2.24) is 5.32 Å². The summed E-state index contributed by atoms with van der Waals surface area (Å²) in [6, 6.07) is 11.4. The molecule has 1 aromatic heterocycles. The minimum Gasteiger partial charge on any atom is -0.493 e. The van der Waals surface area contributed by atoms with E-state index >= 15 is 0 Å². The molecule has 0 saturated heterocycles. The zero-order valence-electron chi connectivity index (χ0n) is 12.8. The first-order valence-corrected chi connectivity index (χ1v) is 8.70. The predicted octanol–water partition coefficient (Wildman–Crippen LogP) is 3.74. The van der Waals surface area contributed by atoms with Crippen LogP contribution in [0.5, 0.6) is 5.75 Å². The second-order valence-electron chi connectivity index (χ2n) is 5.55. The van der Waals surface area contributed by atoms with Crippen molar-refractivity contribution in [2.75, 3.05) is 6.61 Å². The molecule has 3 rings (SSSR count). The number of hydrogen-bond donors (Lipinski definition) is 1. The Bertz CT molecular complexity index is 681. The van der Waals surface area contributed by atoms with Crippen LogP contribution in [-0.4, -0.2) is 18.3 Å². The molecule has 2 aromatic rings. The average Bonchev–Trinajstić information content (AvgIpc) is 3.03. The molecule has 1 aliphatic heterocycles. The van der Waals surface area contributed by atoms with Gasteiger partial charge >= 0.3 is 0 Å². The lowest BCUT2D eigenvalue weighted by molar-refractivity contribution is -0.121. The van der Waals surface area contributed by atoms with Crippen molar-refractivity contribution in [2.45, 2.75) is 31.7 Å². The number of nitrogens with one attached hydrogen (secondary N) is 1. The zero-order valence-corrected chi connectivity index (χ0v) is 13.6. The normalized spacial score (nSPS) is 16.8. The third-order valence-corrected chi connectivity index (χ3v) is 4.81. The van der Waals surface area contributed by atoms with Crippen LogP contribution in [0.2, 0.25) is 0 Å². The minimum absolute atomic E-state index is 0.0275. The maximum absolute atomic E-state index is 12.2. The smallest absolute Gasteiger partial charge is 0.220 e. The molecule has 120 valence electrons. The van der Waals surface area contributed by atoms with E-state index in [0.29, 0.717) is 11.5 Å². The fourth-order valence-corrected chi connectivity index (χ4v) is 3.42. The number of hydrogen-bond acceptors (Lipinski definition) is 4. The van der Waals surface area contributed by atoms with Crippen molar-refractivity contribution in [3.63, 3.8) is 0 Å². The summed E-state index contributed by atoms with van der Waals surface area (Å²) in [6.07, 6.45) is 2.21. The van der Waals surface area contributed by atoms with E-state index in [-0.39, 0.29) is 30.6 Å². The van der Waals surface area contributed by atoms with Gasteiger partial charge in [0.2, 0.25) is 5.91 Å². The van der Waals surface area contributed by atoms with Crippen LogP contribution in [0.3, 0.4) is 0 Å². The van der Waals surface area contributed by atoms with Crippen LogP contribution >= 0.6 is 11.3 Å². The minimum atomic E-state index is -0.0865. The molecule has 1 N–H and O–H groups in total. The van der Waals surface area contributed by atoms with E-state index in [9.17, 15) is 9.59 Å². The number of amides is 1. The van der Waals surface area contributed by atoms with Crippen molar-refractivity contribution in [2.24, 2.45) is 0 Å². The number of benzene rings is 1. The third-order valence-electron chi connectivity index (χ3n) is 3.90. The van der Waals surface area contributed by atoms with Gasteiger partial charge in [-0.3, -0.25) is 9.59 Å². The van der Waals surface area contributed by atoms with Gasteiger partial charge in [-0.25, -0.2) is 0 Å². The molecule has 1 atom stereocenters. The van der Waals surface area contributed by atoms with Crippen molar-refractivity contribution >= 4 is 23.0 Å². The highest BCUT2D eigenvalue weighted by atomic mass is 32.1. The number of ketones is 1. The summed E-state index contributed by atoms with van der Waals surface area (Å²) in [5.74, 6) is 0.779. The second-order valence-corrected chi connectivity index (χ2v) is 6.50. The van der Waals surface area contributed by atoms with E-state index in [1.807, 2.05) is 35.7 Å². The predicted molar refractivity (Wildman–Crippen MR) is 89.9 cm³/mol. The summed E-state index contributed by atoms with van der Waals surface area (Å²) in [6.45, 7) is 0.667. The molecule has 0 spiro atoms. The van der Waals surface area contributed by atoms with E-state index in [0.717, 1.165) is 24.2 Å². The van der Waals surface area contributed by atoms with E-state index in [2.05, 4.69) is 5.32 Å². The number of thiophene rings is 1. The Kier molecular flexibility index (Phi) is 5.08. The number of Topliss-reactive ketones (excluding diaryl/α,β-unsaturated/α-hetero) is 1. The molecule has 0 radical (unpaired) electrons. The van der Waals surface area contributed by atoms with Gasteiger partial charge in [0.15, 0.2) is 5.78 Å². The molecule has 4 nitrogen and oxygen atoms in total. The summed E-state index contributed by atoms with van der Waals surface area (Å²) in [5, 5.41) is 4.92. The summed E-state index contributed by atoms with van der Waals surface area (Å²) >= 11 is 1.41. The van der Waals surface area contributed by atoms with Crippen LogP contribution < -0.4 is 10.1 Å². The zero-order chi connectivity index (χ0) is 16.1. The molecular weight excluding hydrogens is 310 g/mol. The molecule has 2 heterocycles. The van der Waals surface area contributed by atoms with Gasteiger partial charge in [-0.1, -0.05) is 24.3 Å². The monoisotopic (exact) mass is 329 g/mol. The third kappa shape index (κ3) is 3.99. The number of ether oxygens (including phenoxy) is 1. The van der Waals surface area contributed by atoms with Gasteiger partial charge < -0.3 is 10.1 Å². The highest BCUT2D eigenvalue weighted by molar-refractivity contribution is 7.12. The molecule has 23 heavy (non-hydrogen) atoms. The summed E-state index contributed by atoms with van der Waals surface area (Å²) in [7, 11) is 0. The summed E-state index contributed by atoms with van der Waals surface area (Å²) < 4.78 is 5.70. The van der Waals surface area contributed by atoms with Crippen LogP contribution in [0, 0.1) is 0 Å². The molecule has 5 heteroatoms. The van der Waals surface area contributed by atoms with Crippen molar-refractivity contribution in [3.8, 4) is 5.75 Å². The van der Waals surface area contributed by atoms with E-state index in [1.54, 1.807) is 6.07 Å². The standard InChI is InChI=1S/C18H19NO3S/c20-15(17-8-4-12-23-17)9-10-18(21)19-14-6-3-11-22-16-7-2-1-5-13(14)16/h1-2,4-5,7-8,12,14H,3,6,9-11H2,(H,19,21). The molecular formula is C18H19NO3S. The second kappa shape index (κ2) is 7.42. The molecule has 0 aliphatic carbocycles. The fraction of sp³-hybridized carbons (Fsp3) is 0.333. The summed E-state index contributed by atoms with van der Waals surface area (Å²) in [5.41, 5.74) is 1.02. The number of para-hydroxylation sites is 1. The Labute approximate surface area is 139 Å². The SMILES string of the molecule is O=C(CCC(=O)c1cccs1)NC1CCCOc2ccccc21. The first-order chi connectivity index (χ1) is 11.2. The van der Waals surface area contributed by atoms with Crippen molar-refractivity contribution in [3.05, 3.63) is 52.2 Å². The highest BCUT2D eigenvalue weighted by Gasteiger charge is 2.21. The van der Waals surface area contributed by atoms with Gasteiger partial charge in [-0.2, -0.15) is 0 Å². The number of rotatable bonds is 5. The maximum Gasteiger partial charge on any atom is 0.220 e. The Balaban J connectivity index is 1.58. The van der Waals surface area contributed by atoms with Gasteiger partial charge in [-0.15, -0.1) is 11.3 Å². The molecule has 1 aromatic carbocycles. The average molecular weight is 329 g/mol. The lowest BCUT2D eigenvalue weighted by atomic mass is 10.0. The Morgan fingerprint density at radius 3 is 2.87 bits per heavy atom. The van der Waals surface area contributed by atoms with Crippen LogP contribution in [0.4, 0.5) is 0 Å². The topological polar surface area (TPSA) is 55.4 Å². The molecule has 1 aliphatic rings. The number of carbonyl (C=O) groups excluding carboxylic acids is 2. The summed E-state index contributed by atoms with van der Waals surface area (Å²) in [4.78, 5) is 24.9. The Hall–Kier alpha value is -2.14. The Morgan fingerprint density at radius 2 is 2.04 bits per heavy atom. The van der Waals surface area contributed by atoms with Crippen molar-refractivity contribution < 1.29 is 14.3 Å². The molecule has 0 fully saturated rings. The lowest BCUT2D eigenvalue weighted by Gasteiger charge is -2.18. The van der Waals surface area contributed by atoms with E-state index in [4.69, 9.17) is 4.74 Å². The van der Waals surface area contributed by atoms with Gasteiger partial charge in [0.1, 0.15) is 5.75 Å². The Morgan fingerprint density at radius 1 is 1.17 bits per heavy atom. The molecule has 1 amide bonds. The van der Waals surface area contributed by atoms with Crippen LogP contribution in [0.25, 0.3) is 0 Å². The van der Waals surface area contributed by atoms with E-state index in [1.165, 1.54) is 11.3 Å². The highest BCUT2D eigenvalue weighted by Crippen LogP contribution is 2.31. The number of fused-ring (bicyclic) bond motifs is 1. The largest absolute Gasteiger partial charge is 0.493 e. The molecule has 0 saturated carbocycles. The molecule has 1 unspecified atom stereocenters. The molecule has 0 bridgehead atoms. The van der Waals surface area contributed by atoms with Crippen LogP contribution in [-0.2, 0) is 4.79 Å². The van der Waals surface area contributed by atoms with Gasteiger partial charge in [0, 0.05) is 18.4 Å².